The van der Waals surface area contributed by atoms with Crippen molar-refractivity contribution in [3.63, 3.8) is 0 Å². The second-order valence-corrected chi connectivity index (χ2v) is 11.2. The van der Waals surface area contributed by atoms with Gasteiger partial charge in [0.1, 0.15) is 35.1 Å². The molecule has 0 bridgehead atoms. The van der Waals surface area contributed by atoms with E-state index in [1.807, 2.05) is 0 Å². The molecule has 1 unspecified atom stereocenters. The van der Waals surface area contributed by atoms with Gasteiger partial charge < -0.3 is 4.74 Å². The highest BCUT2D eigenvalue weighted by molar-refractivity contribution is 7.90. The fourth-order valence-electron chi connectivity index (χ4n) is 4.23. The van der Waals surface area contributed by atoms with Crippen LogP contribution in [-0.4, -0.2) is 43.4 Å². The van der Waals surface area contributed by atoms with Crippen LogP contribution in [0.3, 0.4) is 0 Å². The van der Waals surface area contributed by atoms with Crippen molar-refractivity contribution in [3.05, 3.63) is 71.4 Å². The molecule has 11 heteroatoms. The minimum atomic E-state index is -3.93. The summed E-state index contributed by atoms with van der Waals surface area (Å²) in [6.07, 6.45) is 5.39. The van der Waals surface area contributed by atoms with E-state index >= 15 is 4.39 Å². The Morgan fingerprint density at radius 3 is 2.35 bits per heavy atom. The molecule has 0 radical (unpaired) electrons. The van der Waals surface area contributed by atoms with Gasteiger partial charge >= 0.3 is 0 Å². The van der Waals surface area contributed by atoms with Crippen molar-refractivity contribution in [2.24, 2.45) is 0 Å². The van der Waals surface area contributed by atoms with E-state index in [0.717, 1.165) is 25.2 Å². The number of rotatable bonds is 6. The van der Waals surface area contributed by atoms with E-state index in [1.165, 1.54) is 11.1 Å². The minimum absolute atomic E-state index is 0.199. The summed E-state index contributed by atoms with van der Waals surface area (Å²) in [6, 6.07) is 5.56. The molecule has 1 amide bonds. The highest BCUT2D eigenvalue weighted by Gasteiger charge is 2.33. The van der Waals surface area contributed by atoms with E-state index in [1.54, 1.807) is 32.2 Å². The van der Waals surface area contributed by atoms with Gasteiger partial charge in [0.2, 0.25) is 0 Å². The third-order valence-corrected chi connectivity index (χ3v) is 7.19. The largest absolute Gasteiger partial charge is 0.358 e. The third-order valence-electron chi connectivity index (χ3n) is 6.10. The fraction of sp³-hybridized carbons (Fsp3) is 0.346. The number of sulfone groups is 1. The van der Waals surface area contributed by atoms with E-state index in [9.17, 15) is 22.0 Å². The number of carbonyl (C=O) groups is 1. The van der Waals surface area contributed by atoms with Crippen LogP contribution in [0.25, 0.3) is 11.3 Å². The summed E-state index contributed by atoms with van der Waals surface area (Å²) >= 11 is 0. The zero-order valence-electron chi connectivity index (χ0n) is 20.5. The van der Waals surface area contributed by atoms with E-state index in [4.69, 9.17) is 4.74 Å². The van der Waals surface area contributed by atoms with Gasteiger partial charge in [0.05, 0.1) is 22.3 Å². The number of hydrogen-bond donors (Lipinski definition) is 0. The Kier molecular flexibility index (Phi) is 7.65. The molecule has 0 aliphatic carbocycles. The Morgan fingerprint density at radius 2 is 1.81 bits per heavy atom. The lowest BCUT2D eigenvalue weighted by molar-refractivity contribution is 0.0143. The van der Waals surface area contributed by atoms with Gasteiger partial charge in [-0.15, -0.1) is 0 Å². The predicted octanol–water partition coefficient (Wildman–Crippen LogP) is 5.26. The monoisotopic (exact) mass is 533 g/mol. The molecular weight excluding hydrogens is 507 g/mol. The quantitative estimate of drug-likeness (QED) is 0.429. The summed E-state index contributed by atoms with van der Waals surface area (Å²) in [5.74, 6) is -4.68. The number of ether oxygens (including phenoxy) is 1. The van der Waals surface area contributed by atoms with Crippen LogP contribution in [0.4, 0.5) is 18.9 Å². The Morgan fingerprint density at radius 1 is 1.11 bits per heavy atom. The molecule has 0 N–H and O–H groups in total. The molecular formula is C26H26F3N3O4S. The van der Waals surface area contributed by atoms with E-state index < -0.39 is 55.6 Å². The fourth-order valence-corrected chi connectivity index (χ4v) is 4.87. The molecule has 37 heavy (non-hydrogen) atoms. The van der Waals surface area contributed by atoms with Gasteiger partial charge in [-0.25, -0.2) is 26.6 Å². The maximum Gasteiger partial charge on any atom is 0.279 e. The number of benzene rings is 1. The van der Waals surface area contributed by atoms with Crippen LogP contribution in [0, 0.1) is 17.5 Å². The number of pyridine rings is 2. The van der Waals surface area contributed by atoms with Crippen LogP contribution in [0.15, 0.2) is 47.6 Å². The number of carbonyl (C=O) groups excluding carboxylic acids is 1. The van der Waals surface area contributed by atoms with Gasteiger partial charge in [0.25, 0.3) is 5.91 Å². The number of halogens is 3. The molecule has 7 nitrogen and oxygen atoms in total. The first kappa shape index (κ1) is 26.7. The molecule has 3 heterocycles. The first-order chi connectivity index (χ1) is 17.5. The van der Waals surface area contributed by atoms with Crippen molar-refractivity contribution in [1.82, 2.24) is 9.97 Å². The minimum Gasteiger partial charge on any atom is -0.358 e. The Hall–Kier alpha value is -3.31. The van der Waals surface area contributed by atoms with Gasteiger partial charge in [-0.05, 0) is 61.1 Å². The van der Waals surface area contributed by atoms with Gasteiger partial charge in [-0.2, -0.15) is 0 Å². The third kappa shape index (κ3) is 5.52. The van der Waals surface area contributed by atoms with E-state index in [-0.39, 0.29) is 17.2 Å². The highest BCUT2D eigenvalue weighted by atomic mass is 32.2. The molecule has 3 aromatic rings. The molecule has 1 aliphatic rings. The Labute approximate surface area is 213 Å². The molecule has 4 rings (SSSR count). The van der Waals surface area contributed by atoms with Crippen molar-refractivity contribution < 1.29 is 31.1 Å². The summed E-state index contributed by atoms with van der Waals surface area (Å²) < 4.78 is 74.6. The summed E-state index contributed by atoms with van der Waals surface area (Å²) in [5.41, 5.74) is -1.13. The van der Waals surface area contributed by atoms with Gasteiger partial charge in [-0.3, -0.25) is 14.7 Å². The van der Waals surface area contributed by atoms with Crippen LogP contribution in [0.2, 0.25) is 0 Å². The molecule has 1 aliphatic heterocycles. The molecule has 1 fully saturated rings. The van der Waals surface area contributed by atoms with Crippen LogP contribution >= 0.6 is 0 Å². The van der Waals surface area contributed by atoms with Crippen LogP contribution < -0.4 is 4.90 Å². The lowest BCUT2D eigenvalue weighted by Gasteiger charge is -2.34. The average molecular weight is 534 g/mol. The number of anilines is 1. The lowest BCUT2D eigenvalue weighted by Crippen LogP contribution is -2.44. The zero-order chi connectivity index (χ0) is 26.9. The van der Waals surface area contributed by atoms with Gasteiger partial charge in [0.15, 0.2) is 9.84 Å². The predicted molar refractivity (Wildman–Crippen MR) is 131 cm³/mol. The summed E-state index contributed by atoms with van der Waals surface area (Å²) in [6.45, 7) is 3.91. The molecule has 0 spiro atoms. The molecule has 0 saturated carbocycles. The molecule has 1 atom stereocenters. The van der Waals surface area contributed by atoms with Crippen LogP contribution in [0.5, 0.6) is 0 Å². The molecule has 196 valence electrons. The number of aromatic nitrogens is 2. The average Bonchev–Trinajstić information content (AvgIpc) is 2.85. The van der Waals surface area contributed by atoms with E-state index in [2.05, 4.69) is 9.97 Å². The Bertz CT molecular complexity index is 1400. The summed E-state index contributed by atoms with van der Waals surface area (Å²) in [4.78, 5) is 23.0. The van der Waals surface area contributed by atoms with Crippen LogP contribution in [-0.2, 0) is 14.6 Å². The van der Waals surface area contributed by atoms with Gasteiger partial charge in [0, 0.05) is 19.1 Å². The number of amides is 1. The summed E-state index contributed by atoms with van der Waals surface area (Å²) in [7, 11) is -3.93. The Balaban J connectivity index is 1.90. The smallest absolute Gasteiger partial charge is 0.279 e. The van der Waals surface area contributed by atoms with Crippen molar-refractivity contribution in [2.75, 3.05) is 17.8 Å². The molecule has 2 aromatic heterocycles. The second-order valence-electron chi connectivity index (χ2n) is 9.15. The van der Waals surface area contributed by atoms with Gasteiger partial charge in [-0.1, -0.05) is 13.8 Å². The lowest BCUT2D eigenvalue weighted by atomic mass is 9.97. The van der Waals surface area contributed by atoms with Crippen molar-refractivity contribution >= 4 is 21.4 Å². The van der Waals surface area contributed by atoms with Crippen molar-refractivity contribution in [2.45, 2.75) is 50.2 Å². The van der Waals surface area contributed by atoms with Crippen molar-refractivity contribution in [3.8, 4) is 11.3 Å². The second kappa shape index (κ2) is 10.6. The number of nitrogens with zero attached hydrogens (tertiary/aromatic N) is 3. The summed E-state index contributed by atoms with van der Waals surface area (Å²) in [5, 5.41) is 0. The maximum absolute atomic E-state index is 15.2. The standard InChI is InChI=1S/C26H26F3N3O4S/c1-15(2)18-13-21(29)25(23-19(27)11-17(12-20(23)28)37(3,34)35)31-24(18)26(33)32(16-7-6-9-30-14-16)22-8-4-5-10-36-22/h6-7,9,11-15,22H,4-5,8,10H2,1-3H3. The molecule has 1 saturated heterocycles. The topological polar surface area (TPSA) is 89.5 Å². The molecule has 1 aromatic carbocycles. The van der Waals surface area contributed by atoms with E-state index in [0.29, 0.717) is 30.8 Å². The maximum atomic E-state index is 15.2. The number of hydrogen-bond acceptors (Lipinski definition) is 6. The SMILES string of the molecule is CC(C)c1cc(F)c(-c2c(F)cc(S(C)(=O)=O)cc2F)nc1C(=O)N(c1cccnc1)C1CCCCO1. The zero-order valence-corrected chi connectivity index (χ0v) is 21.4. The first-order valence-electron chi connectivity index (χ1n) is 11.7. The first-order valence-corrected chi connectivity index (χ1v) is 13.6. The highest BCUT2D eigenvalue weighted by Crippen LogP contribution is 2.34. The normalized spacial score (nSPS) is 16.1. The van der Waals surface area contributed by atoms with Crippen molar-refractivity contribution in [1.29, 1.82) is 0 Å². The van der Waals surface area contributed by atoms with Crippen LogP contribution in [0.1, 0.15) is 55.1 Å².